The third-order valence-corrected chi connectivity index (χ3v) is 8.93. The van der Waals surface area contributed by atoms with Gasteiger partial charge in [0.05, 0.1) is 0 Å². The summed E-state index contributed by atoms with van der Waals surface area (Å²) in [5, 5.41) is 6.40. The molecule has 0 rings (SSSR count). The molecule has 44 heavy (non-hydrogen) atoms. The van der Waals surface area contributed by atoms with E-state index in [1.807, 2.05) is 0 Å². The van der Waals surface area contributed by atoms with E-state index < -0.39 is 0 Å². The van der Waals surface area contributed by atoms with Crippen LogP contribution in [0.3, 0.4) is 0 Å². The molecule has 2 amide bonds. The number of nitrogens with zero attached hydrogens (tertiary/aromatic N) is 1. The van der Waals surface area contributed by atoms with Gasteiger partial charge < -0.3 is 20.3 Å². The van der Waals surface area contributed by atoms with Crippen LogP contribution in [0.5, 0.6) is 0 Å². The number of nitrogens with one attached hydrogen (secondary N) is 2. The standard InChI is InChI=1S/C38H77N3O3/c1-6-8-10-12-14-16-18-20-22-24-27-35(3)39-37(42)29-32-41(31-26-34-44-5)33-30-38(43)40-36(4)28-25-23-21-19-17-15-13-11-9-7-2/h35-36H,6-34H2,1-5H3,(H,39,42)(H,40,43). The molecule has 0 aromatic heterocycles. The first-order valence-electron chi connectivity index (χ1n) is 19.2. The molecule has 0 aromatic carbocycles. The van der Waals surface area contributed by atoms with E-state index in [1.54, 1.807) is 7.11 Å². The van der Waals surface area contributed by atoms with Crippen molar-refractivity contribution in [3.05, 3.63) is 0 Å². The van der Waals surface area contributed by atoms with Gasteiger partial charge in [0, 0.05) is 58.3 Å². The smallest absolute Gasteiger partial charge is 0.221 e. The fourth-order valence-corrected chi connectivity index (χ4v) is 6.00. The zero-order valence-corrected chi connectivity index (χ0v) is 30.3. The van der Waals surface area contributed by atoms with Gasteiger partial charge in [0.1, 0.15) is 0 Å². The molecule has 6 heteroatoms. The Balaban J connectivity index is 4.06. The maximum atomic E-state index is 12.6. The second-order valence-corrected chi connectivity index (χ2v) is 13.6. The third kappa shape index (κ3) is 30.9. The third-order valence-electron chi connectivity index (χ3n) is 8.93. The fraction of sp³-hybridized carbons (Fsp3) is 0.947. The van der Waals surface area contributed by atoms with Crippen LogP contribution in [0.1, 0.15) is 188 Å². The van der Waals surface area contributed by atoms with Gasteiger partial charge in [-0.15, -0.1) is 0 Å². The summed E-state index contributed by atoms with van der Waals surface area (Å²) < 4.78 is 5.24. The minimum Gasteiger partial charge on any atom is -0.385 e. The monoisotopic (exact) mass is 624 g/mol. The van der Waals surface area contributed by atoms with Gasteiger partial charge in [0.25, 0.3) is 0 Å². The van der Waals surface area contributed by atoms with E-state index in [0.717, 1.165) is 25.8 Å². The zero-order chi connectivity index (χ0) is 32.5. The Morgan fingerprint density at radius 3 is 1.20 bits per heavy atom. The van der Waals surface area contributed by atoms with Gasteiger partial charge >= 0.3 is 0 Å². The van der Waals surface area contributed by atoms with Crippen LogP contribution in [0.4, 0.5) is 0 Å². The van der Waals surface area contributed by atoms with Gasteiger partial charge in [-0.2, -0.15) is 0 Å². The summed E-state index contributed by atoms with van der Waals surface area (Å²) in [6.07, 6.45) is 30.7. The van der Waals surface area contributed by atoms with Gasteiger partial charge in [-0.25, -0.2) is 0 Å². The second-order valence-electron chi connectivity index (χ2n) is 13.6. The summed E-state index contributed by atoms with van der Waals surface area (Å²) in [5.41, 5.74) is 0. The molecule has 0 fully saturated rings. The second kappa shape index (κ2) is 33.2. The van der Waals surface area contributed by atoms with Crippen molar-refractivity contribution in [3.63, 3.8) is 0 Å². The minimum atomic E-state index is 0.121. The van der Waals surface area contributed by atoms with Crippen molar-refractivity contribution in [2.45, 2.75) is 200 Å². The van der Waals surface area contributed by atoms with Gasteiger partial charge in [-0.3, -0.25) is 9.59 Å². The molecule has 0 aliphatic carbocycles. The Morgan fingerprint density at radius 2 is 0.864 bits per heavy atom. The summed E-state index contributed by atoms with van der Waals surface area (Å²) in [4.78, 5) is 27.5. The Labute approximate surface area is 275 Å². The molecule has 6 nitrogen and oxygen atoms in total. The van der Waals surface area contributed by atoms with Crippen molar-refractivity contribution in [1.29, 1.82) is 0 Å². The van der Waals surface area contributed by atoms with E-state index in [2.05, 4.69) is 43.2 Å². The summed E-state index contributed by atoms with van der Waals surface area (Å²) >= 11 is 0. The summed E-state index contributed by atoms with van der Waals surface area (Å²) in [6, 6.07) is 0.447. The largest absolute Gasteiger partial charge is 0.385 e. The van der Waals surface area contributed by atoms with Crippen molar-refractivity contribution in [1.82, 2.24) is 15.5 Å². The van der Waals surface area contributed by atoms with Gasteiger partial charge in [-0.05, 0) is 33.1 Å². The van der Waals surface area contributed by atoms with Crippen molar-refractivity contribution < 1.29 is 14.3 Å². The Bertz CT molecular complexity index is 582. The number of hydrogen-bond acceptors (Lipinski definition) is 4. The number of hydrogen-bond donors (Lipinski definition) is 2. The molecule has 2 unspecified atom stereocenters. The van der Waals surface area contributed by atoms with E-state index in [9.17, 15) is 9.59 Å². The number of ether oxygens (including phenoxy) is 1. The highest BCUT2D eigenvalue weighted by Gasteiger charge is 2.14. The van der Waals surface area contributed by atoms with Crippen molar-refractivity contribution >= 4 is 11.8 Å². The molecule has 0 radical (unpaired) electrons. The highest BCUT2D eigenvalue weighted by atomic mass is 16.5. The molecule has 0 saturated carbocycles. The Kier molecular flexibility index (Phi) is 32.4. The molecule has 2 atom stereocenters. The number of amides is 2. The Morgan fingerprint density at radius 1 is 0.523 bits per heavy atom. The summed E-state index contributed by atoms with van der Waals surface area (Å²) in [5.74, 6) is 0.242. The summed E-state index contributed by atoms with van der Waals surface area (Å²) in [7, 11) is 1.72. The maximum Gasteiger partial charge on any atom is 0.221 e. The topological polar surface area (TPSA) is 70.7 Å². The van der Waals surface area contributed by atoms with E-state index >= 15 is 0 Å². The van der Waals surface area contributed by atoms with Crippen LogP contribution in [-0.2, 0) is 14.3 Å². The zero-order valence-electron chi connectivity index (χ0n) is 30.3. The lowest BCUT2D eigenvalue weighted by molar-refractivity contribution is -0.122. The molecule has 2 N–H and O–H groups in total. The van der Waals surface area contributed by atoms with Crippen LogP contribution in [0.25, 0.3) is 0 Å². The van der Waals surface area contributed by atoms with Gasteiger partial charge in [0.15, 0.2) is 0 Å². The highest BCUT2D eigenvalue weighted by molar-refractivity contribution is 5.77. The molecule has 0 aliphatic heterocycles. The van der Waals surface area contributed by atoms with Crippen LogP contribution in [0, 0.1) is 0 Å². The normalized spacial score (nSPS) is 12.9. The minimum absolute atomic E-state index is 0.121. The predicted molar refractivity (Wildman–Crippen MR) is 190 cm³/mol. The summed E-state index contributed by atoms with van der Waals surface area (Å²) in [6.45, 7) is 11.7. The van der Waals surface area contributed by atoms with Crippen molar-refractivity contribution in [2.24, 2.45) is 0 Å². The number of carbonyl (C=O) groups is 2. The molecule has 0 saturated heterocycles. The maximum absolute atomic E-state index is 12.6. The first kappa shape index (κ1) is 42.9. The van der Waals surface area contributed by atoms with E-state index in [4.69, 9.17) is 4.74 Å². The molecule has 0 heterocycles. The average molecular weight is 624 g/mol. The van der Waals surface area contributed by atoms with Crippen LogP contribution in [-0.4, -0.2) is 62.1 Å². The van der Waals surface area contributed by atoms with Crippen LogP contribution in [0.2, 0.25) is 0 Å². The molecule has 262 valence electrons. The number of methoxy groups -OCH3 is 1. The van der Waals surface area contributed by atoms with Gasteiger partial charge in [-0.1, -0.05) is 142 Å². The number of carbonyl (C=O) groups excluding carboxylic acids is 2. The quantitative estimate of drug-likeness (QED) is 0.0700. The first-order chi connectivity index (χ1) is 21.4. The van der Waals surface area contributed by atoms with Gasteiger partial charge in [0.2, 0.25) is 11.8 Å². The SMILES string of the molecule is CCCCCCCCCCCCC(C)NC(=O)CCN(CCCOC)CCC(=O)NC(C)CCCCCCCCCCCC. The van der Waals surface area contributed by atoms with Crippen LogP contribution >= 0.6 is 0 Å². The van der Waals surface area contributed by atoms with Crippen LogP contribution < -0.4 is 10.6 Å². The average Bonchev–Trinajstić information content (AvgIpc) is 3.00. The van der Waals surface area contributed by atoms with Crippen molar-refractivity contribution in [2.75, 3.05) is 33.4 Å². The van der Waals surface area contributed by atoms with Crippen molar-refractivity contribution in [3.8, 4) is 0 Å². The van der Waals surface area contributed by atoms with E-state index in [-0.39, 0.29) is 23.9 Å². The van der Waals surface area contributed by atoms with Crippen LogP contribution in [0.15, 0.2) is 0 Å². The molecule has 0 spiro atoms. The molecule has 0 aliphatic rings. The highest BCUT2D eigenvalue weighted by Crippen LogP contribution is 2.13. The van der Waals surface area contributed by atoms with E-state index in [1.165, 1.54) is 128 Å². The first-order valence-corrected chi connectivity index (χ1v) is 19.2. The van der Waals surface area contributed by atoms with E-state index in [0.29, 0.717) is 32.5 Å². The number of rotatable bonds is 34. The molecule has 0 aromatic rings. The lowest BCUT2D eigenvalue weighted by Crippen LogP contribution is -2.38. The molecule has 0 bridgehead atoms. The lowest BCUT2D eigenvalue weighted by atomic mass is 10.0. The number of unbranched alkanes of at least 4 members (excludes halogenated alkanes) is 18. The molecular weight excluding hydrogens is 546 g/mol. The predicted octanol–water partition coefficient (Wildman–Crippen LogP) is 9.74. The Hall–Kier alpha value is -1.14. The lowest BCUT2D eigenvalue weighted by Gasteiger charge is -2.23. The molecular formula is C38H77N3O3. The fourth-order valence-electron chi connectivity index (χ4n) is 6.00.